The number of nitrogens with zero attached hydrogens (tertiary/aromatic N) is 3. The number of anilines is 1. The van der Waals surface area contributed by atoms with Crippen LogP contribution in [-0.2, 0) is 13.1 Å². The van der Waals surface area contributed by atoms with Crippen LogP contribution in [0.15, 0.2) is 78.9 Å². The molecular weight excluding hydrogens is 432 g/mol. The van der Waals surface area contributed by atoms with Crippen LogP contribution >= 0.6 is 0 Å². The van der Waals surface area contributed by atoms with Gasteiger partial charge in [-0.25, -0.2) is 0 Å². The molecule has 0 aliphatic heterocycles. The minimum absolute atomic E-state index is 0.120. The maximum atomic E-state index is 13.3. The van der Waals surface area contributed by atoms with E-state index in [1.165, 1.54) is 22.4 Å². The maximum absolute atomic E-state index is 13.3. The number of hydrogen-bond acceptors (Lipinski definition) is 2. The number of nitrogens with one attached hydrogen (secondary N) is 1. The van der Waals surface area contributed by atoms with Gasteiger partial charge >= 0.3 is 0 Å². The molecular formula is C30H30N4O. The molecule has 5 rings (SSSR count). The number of hydrogen-bond donors (Lipinski definition) is 1. The number of rotatable bonds is 6. The first-order valence-electron chi connectivity index (χ1n) is 11.9. The Kier molecular flexibility index (Phi) is 6.00. The van der Waals surface area contributed by atoms with Gasteiger partial charge in [-0.1, -0.05) is 60.7 Å². The van der Waals surface area contributed by atoms with Crippen molar-refractivity contribution < 1.29 is 4.79 Å². The van der Waals surface area contributed by atoms with E-state index in [4.69, 9.17) is 0 Å². The van der Waals surface area contributed by atoms with Gasteiger partial charge in [0.25, 0.3) is 5.91 Å². The summed E-state index contributed by atoms with van der Waals surface area (Å²) in [7, 11) is 0. The Morgan fingerprint density at radius 3 is 2.09 bits per heavy atom. The van der Waals surface area contributed by atoms with E-state index in [0.717, 1.165) is 34.5 Å². The largest absolute Gasteiger partial charge is 0.340 e. The lowest BCUT2D eigenvalue weighted by Gasteiger charge is -2.10. The Hall–Kier alpha value is -4.12. The van der Waals surface area contributed by atoms with Crippen molar-refractivity contribution in [1.82, 2.24) is 14.3 Å². The van der Waals surface area contributed by atoms with Crippen LogP contribution in [0.2, 0.25) is 0 Å². The van der Waals surface area contributed by atoms with Gasteiger partial charge in [0.1, 0.15) is 0 Å². The monoisotopic (exact) mass is 462 g/mol. The topological polar surface area (TPSA) is 51.9 Å². The predicted molar refractivity (Wildman–Crippen MR) is 142 cm³/mol. The molecule has 0 saturated heterocycles. The van der Waals surface area contributed by atoms with Gasteiger partial charge in [-0.05, 0) is 62.6 Å². The van der Waals surface area contributed by atoms with E-state index in [0.29, 0.717) is 12.1 Å². The van der Waals surface area contributed by atoms with E-state index in [1.807, 2.05) is 54.9 Å². The number of carbonyl (C=O) groups excluding carboxylic acids is 1. The number of benzene rings is 3. The molecule has 0 unspecified atom stereocenters. The summed E-state index contributed by atoms with van der Waals surface area (Å²) in [6, 6.07) is 26.7. The molecule has 0 fully saturated rings. The Balaban J connectivity index is 1.41. The van der Waals surface area contributed by atoms with Crippen LogP contribution in [-0.4, -0.2) is 20.3 Å². The first-order valence-corrected chi connectivity index (χ1v) is 11.9. The fourth-order valence-electron chi connectivity index (χ4n) is 4.73. The van der Waals surface area contributed by atoms with Crippen molar-refractivity contribution in [2.75, 3.05) is 5.32 Å². The predicted octanol–water partition coefficient (Wildman–Crippen LogP) is 6.42. The number of aromatic nitrogens is 3. The van der Waals surface area contributed by atoms with Crippen LogP contribution in [0, 0.1) is 27.7 Å². The van der Waals surface area contributed by atoms with Crippen molar-refractivity contribution in [2.45, 2.75) is 40.8 Å². The molecule has 3 aromatic carbocycles. The van der Waals surface area contributed by atoms with Crippen molar-refractivity contribution in [3.63, 3.8) is 0 Å². The molecule has 1 N–H and O–H groups in total. The van der Waals surface area contributed by atoms with Crippen LogP contribution in [0.3, 0.4) is 0 Å². The number of carbonyl (C=O) groups is 1. The highest BCUT2D eigenvalue weighted by Crippen LogP contribution is 2.28. The summed E-state index contributed by atoms with van der Waals surface area (Å²) in [5.41, 5.74) is 9.18. The molecule has 0 saturated carbocycles. The highest BCUT2D eigenvalue weighted by molar-refractivity contribution is 6.07. The smallest absolute Gasteiger partial charge is 0.255 e. The van der Waals surface area contributed by atoms with Gasteiger partial charge in [-0.3, -0.25) is 9.48 Å². The Morgan fingerprint density at radius 2 is 1.43 bits per heavy atom. The highest BCUT2D eigenvalue weighted by Gasteiger charge is 2.18. The third kappa shape index (κ3) is 4.37. The second-order valence-electron chi connectivity index (χ2n) is 9.16. The van der Waals surface area contributed by atoms with Crippen molar-refractivity contribution in [1.29, 1.82) is 0 Å². The van der Waals surface area contributed by atoms with Gasteiger partial charge in [-0.2, -0.15) is 5.10 Å². The SMILES string of the molecule is Cc1nn(Cc2ccccc2)c(C)c1NC(=O)c1ccc2c(c1)c(C)c(C)n2Cc1ccccc1. The summed E-state index contributed by atoms with van der Waals surface area (Å²) >= 11 is 0. The van der Waals surface area contributed by atoms with E-state index >= 15 is 0 Å². The quantitative estimate of drug-likeness (QED) is 0.317. The minimum Gasteiger partial charge on any atom is -0.340 e. The molecule has 0 bridgehead atoms. The normalized spacial score (nSPS) is 11.2. The lowest BCUT2D eigenvalue weighted by Crippen LogP contribution is -2.13. The summed E-state index contributed by atoms with van der Waals surface area (Å²) in [6.45, 7) is 9.68. The van der Waals surface area contributed by atoms with Crippen molar-refractivity contribution in [2.24, 2.45) is 0 Å². The first-order chi connectivity index (χ1) is 16.9. The lowest BCUT2D eigenvalue weighted by atomic mass is 10.1. The van der Waals surface area contributed by atoms with Gasteiger partial charge in [0, 0.05) is 28.7 Å². The molecule has 2 aromatic heterocycles. The minimum atomic E-state index is -0.120. The van der Waals surface area contributed by atoms with Crippen LogP contribution < -0.4 is 5.32 Å². The van der Waals surface area contributed by atoms with Crippen LogP contribution in [0.4, 0.5) is 5.69 Å². The standard InChI is InChI=1S/C30H30N4O/c1-20-22(3)33(18-24-11-7-5-8-12-24)28-16-15-26(17-27(20)28)30(35)31-29-21(2)32-34(23(29)4)19-25-13-9-6-10-14-25/h5-17H,18-19H2,1-4H3,(H,31,35). The zero-order chi connectivity index (χ0) is 24.5. The molecule has 0 aliphatic carbocycles. The van der Waals surface area contributed by atoms with Crippen LogP contribution in [0.5, 0.6) is 0 Å². The van der Waals surface area contributed by atoms with Crippen LogP contribution in [0.1, 0.15) is 44.1 Å². The lowest BCUT2D eigenvalue weighted by molar-refractivity contribution is 0.102. The molecule has 5 heteroatoms. The summed E-state index contributed by atoms with van der Waals surface area (Å²) in [5, 5.41) is 8.90. The zero-order valence-corrected chi connectivity index (χ0v) is 20.7. The fraction of sp³-hybridized carbons (Fsp3) is 0.200. The molecule has 0 radical (unpaired) electrons. The second kappa shape index (κ2) is 9.26. The molecule has 0 spiro atoms. The van der Waals surface area contributed by atoms with E-state index in [-0.39, 0.29) is 5.91 Å². The average Bonchev–Trinajstić information content (AvgIpc) is 3.27. The summed E-state index contributed by atoms with van der Waals surface area (Å²) < 4.78 is 4.27. The van der Waals surface area contributed by atoms with E-state index in [1.54, 1.807) is 0 Å². The van der Waals surface area contributed by atoms with Gasteiger partial charge in [0.2, 0.25) is 0 Å². The van der Waals surface area contributed by atoms with E-state index in [2.05, 4.69) is 71.3 Å². The average molecular weight is 463 g/mol. The molecule has 5 nitrogen and oxygen atoms in total. The van der Waals surface area contributed by atoms with Crippen molar-refractivity contribution >= 4 is 22.5 Å². The Morgan fingerprint density at radius 1 is 0.800 bits per heavy atom. The van der Waals surface area contributed by atoms with Gasteiger partial charge in [-0.15, -0.1) is 0 Å². The molecule has 5 aromatic rings. The van der Waals surface area contributed by atoms with Crippen molar-refractivity contribution in [3.05, 3.63) is 118 Å². The third-order valence-corrected chi connectivity index (χ3v) is 6.88. The Bertz CT molecular complexity index is 1510. The summed E-state index contributed by atoms with van der Waals surface area (Å²) in [4.78, 5) is 13.3. The number of fused-ring (bicyclic) bond motifs is 1. The van der Waals surface area contributed by atoms with Gasteiger partial charge < -0.3 is 9.88 Å². The highest BCUT2D eigenvalue weighted by atomic mass is 16.1. The molecule has 2 heterocycles. The fourth-order valence-corrected chi connectivity index (χ4v) is 4.73. The summed E-state index contributed by atoms with van der Waals surface area (Å²) in [5.74, 6) is -0.120. The number of aryl methyl sites for hydroxylation is 2. The number of amides is 1. The first kappa shape index (κ1) is 22.7. The van der Waals surface area contributed by atoms with Gasteiger partial charge in [0.05, 0.1) is 23.6 Å². The molecule has 35 heavy (non-hydrogen) atoms. The van der Waals surface area contributed by atoms with Gasteiger partial charge in [0.15, 0.2) is 0 Å². The van der Waals surface area contributed by atoms with Crippen molar-refractivity contribution in [3.8, 4) is 0 Å². The third-order valence-electron chi connectivity index (χ3n) is 6.88. The zero-order valence-electron chi connectivity index (χ0n) is 20.7. The molecule has 0 aliphatic rings. The second-order valence-corrected chi connectivity index (χ2v) is 9.16. The maximum Gasteiger partial charge on any atom is 0.255 e. The molecule has 176 valence electrons. The Labute approximate surface area is 206 Å². The summed E-state index contributed by atoms with van der Waals surface area (Å²) in [6.07, 6.45) is 0. The molecule has 1 amide bonds. The van der Waals surface area contributed by atoms with E-state index in [9.17, 15) is 4.79 Å². The van der Waals surface area contributed by atoms with E-state index < -0.39 is 0 Å². The van der Waals surface area contributed by atoms with Crippen LogP contribution in [0.25, 0.3) is 10.9 Å². The molecule has 0 atom stereocenters.